The van der Waals surface area contributed by atoms with Crippen LogP contribution in [0, 0.1) is 10.1 Å². The molecular formula is C12H8ClN3O4S. The van der Waals surface area contributed by atoms with Crippen molar-refractivity contribution in [1.29, 1.82) is 0 Å². The minimum Gasteiger partial charge on any atom is -0.459 e. The number of rotatable bonds is 3. The van der Waals surface area contributed by atoms with Gasteiger partial charge in [0.1, 0.15) is 5.02 Å². The van der Waals surface area contributed by atoms with Crippen molar-refractivity contribution >= 4 is 46.2 Å². The van der Waals surface area contributed by atoms with Gasteiger partial charge in [0.15, 0.2) is 10.9 Å². The zero-order valence-electron chi connectivity index (χ0n) is 10.3. The Bertz CT molecular complexity index is 703. The van der Waals surface area contributed by atoms with Gasteiger partial charge in [-0.2, -0.15) is 0 Å². The van der Waals surface area contributed by atoms with Crippen LogP contribution in [-0.4, -0.2) is 15.9 Å². The van der Waals surface area contributed by atoms with Crippen LogP contribution in [0.1, 0.15) is 10.6 Å². The van der Waals surface area contributed by atoms with E-state index in [0.717, 1.165) is 0 Å². The number of amides is 1. The summed E-state index contributed by atoms with van der Waals surface area (Å²) < 4.78 is 4.91. The van der Waals surface area contributed by atoms with Crippen molar-refractivity contribution in [2.45, 2.75) is 0 Å². The summed E-state index contributed by atoms with van der Waals surface area (Å²) in [6.45, 7) is 0. The fraction of sp³-hybridized carbons (Fsp3) is 0. The summed E-state index contributed by atoms with van der Waals surface area (Å²) in [4.78, 5) is 21.8. The monoisotopic (exact) mass is 325 g/mol. The maximum atomic E-state index is 11.7. The third kappa shape index (κ3) is 3.77. The number of hydrogen-bond acceptors (Lipinski definition) is 5. The van der Waals surface area contributed by atoms with Crippen LogP contribution in [0.25, 0.3) is 0 Å². The number of anilines is 1. The van der Waals surface area contributed by atoms with Gasteiger partial charge in [0, 0.05) is 11.8 Å². The molecule has 2 N–H and O–H groups in total. The van der Waals surface area contributed by atoms with E-state index in [1.165, 1.54) is 30.5 Å². The lowest BCUT2D eigenvalue weighted by Crippen LogP contribution is -2.33. The second kappa shape index (κ2) is 6.33. The molecule has 2 rings (SSSR count). The lowest BCUT2D eigenvalue weighted by Gasteiger charge is -2.08. The van der Waals surface area contributed by atoms with Gasteiger partial charge in [-0.15, -0.1) is 0 Å². The molecule has 0 atom stereocenters. The average molecular weight is 326 g/mol. The Balaban J connectivity index is 2.05. The first-order valence-electron chi connectivity index (χ1n) is 5.57. The molecule has 0 spiro atoms. The Labute approximate surface area is 129 Å². The van der Waals surface area contributed by atoms with E-state index in [4.69, 9.17) is 28.2 Å². The molecule has 0 bridgehead atoms. The van der Waals surface area contributed by atoms with Crippen LogP contribution in [-0.2, 0) is 0 Å². The number of thiocarbonyl (C=S) groups is 1. The van der Waals surface area contributed by atoms with Crippen LogP contribution >= 0.6 is 23.8 Å². The van der Waals surface area contributed by atoms with Crippen LogP contribution in [0.4, 0.5) is 11.4 Å². The van der Waals surface area contributed by atoms with E-state index in [0.29, 0.717) is 5.69 Å². The van der Waals surface area contributed by atoms with Crippen molar-refractivity contribution in [3.8, 4) is 0 Å². The van der Waals surface area contributed by atoms with Gasteiger partial charge in [-0.1, -0.05) is 11.6 Å². The zero-order chi connectivity index (χ0) is 15.4. The highest BCUT2D eigenvalue weighted by molar-refractivity contribution is 7.80. The molecule has 1 aromatic carbocycles. The third-order valence-electron chi connectivity index (χ3n) is 2.37. The van der Waals surface area contributed by atoms with Crippen LogP contribution < -0.4 is 10.6 Å². The summed E-state index contributed by atoms with van der Waals surface area (Å²) in [5.41, 5.74) is 0.0673. The van der Waals surface area contributed by atoms with Crippen LogP contribution in [0.5, 0.6) is 0 Å². The Morgan fingerprint density at radius 1 is 1.38 bits per heavy atom. The van der Waals surface area contributed by atoms with Gasteiger partial charge in [-0.3, -0.25) is 20.2 Å². The Morgan fingerprint density at radius 3 is 2.76 bits per heavy atom. The highest BCUT2D eigenvalue weighted by atomic mass is 35.5. The van der Waals surface area contributed by atoms with E-state index in [2.05, 4.69) is 10.6 Å². The summed E-state index contributed by atoms with van der Waals surface area (Å²) >= 11 is 10.6. The second-order valence-corrected chi connectivity index (χ2v) is 4.62. The highest BCUT2D eigenvalue weighted by Gasteiger charge is 2.14. The van der Waals surface area contributed by atoms with E-state index < -0.39 is 10.8 Å². The molecule has 0 radical (unpaired) electrons. The summed E-state index contributed by atoms with van der Waals surface area (Å²) in [6, 6.07) is 7.12. The van der Waals surface area contributed by atoms with Crippen molar-refractivity contribution in [3.05, 3.63) is 57.5 Å². The van der Waals surface area contributed by atoms with Gasteiger partial charge in [-0.05, 0) is 36.5 Å². The molecule has 9 heteroatoms. The summed E-state index contributed by atoms with van der Waals surface area (Å²) in [5, 5.41) is 15.8. The number of hydrogen-bond donors (Lipinski definition) is 2. The minimum absolute atomic E-state index is 0.0103. The predicted molar refractivity (Wildman–Crippen MR) is 80.5 cm³/mol. The number of benzene rings is 1. The van der Waals surface area contributed by atoms with Gasteiger partial charge in [0.05, 0.1) is 11.2 Å². The van der Waals surface area contributed by atoms with Crippen molar-refractivity contribution in [1.82, 2.24) is 5.32 Å². The maximum absolute atomic E-state index is 11.7. The average Bonchev–Trinajstić information content (AvgIpc) is 2.94. The first-order valence-corrected chi connectivity index (χ1v) is 6.36. The summed E-state index contributed by atoms with van der Waals surface area (Å²) in [5.74, 6) is -0.429. The first kappa shape index (κ1) is 14.9. The molecule has 1 aromatic heterocycles. The maximum Gasteiger partial charge on any atom is 0.293 e. The van der Waals surface area contributed by atoms with Crippen molar-refractivity contribution in [2.24, 2.45) is 0 Å². The fourth-order valence-corrected chi connectivity index (χ4v) is 1.86. The largest absolute Gasteiger partial charge is 0.459 e. The number of nitro groups is 1. The normalized spacial score (nSPS) is 9.95. The number of nitrogens with one attached hydrogen (secondary N) is 2. The number of carbonyl (C=O) groups excluding carboxylic acids is 1. The van der Waals surface area contributed by atoms with Crippen molar-refractivity contribution in [3.63, 3.8) is 0 Å². The molecule has 2 aromatic rings. The molecule has 0 fully saturated rings. The molecule has 0 aliphatic heterocycles. The number of nitrogens with zero attached hydrogens (tertiary/aromatic N) is 1. The van der Waals surface area contributed by atoms with Crippen LogP contribution in [0.2, 0.25) is 5.02 Å². The molecule has 0 aliphatic rings. The lowest BCUT2D eigenvalue weighted by molar-refractivity contribution is -0.384. The van der Waals surface area contributed by atoms with E-state index in [1.807, 2.05) is 0 Å². The molecule has 0 unspecified atom stereocenters. The van der Waals surface area contributed by atoms with E-state index in [9.17, 15) is 14.9 Å². The quantitative estimate of drug-likeness (QED) is 0.511. The molecule has 0 saturated carbocycles. The first-order chi connectivity index (χ1) is 9.97. The molecular weight excluding hydrogens is 318 g/mol. The molecule has 7 nitrogen and oxygen atoms in total. The standard InChI is InChI=1S/C12H8ClN3O4S/c13-8-4-3-7(6-9(8)16(18)19)14-12(21)15-11(17)10-2-1-5-20-10/h1-6H,(H2,14,15,17,21). The SMILES string of the molecule is O=C(NC(=S)Nc1ccc(Cl)c([N+](=O)[O-])c1)c1ccco1. The molecule has 1 heterocycles. The molecule has 1 amide bonds. The Morgan fingerprint density at radius 2 is 2.14 bits per heavy atom. The smallest absolute Gasteiger partial charge is 0.293 e. The lowest BCUT2D eigenvalue weighted by atomic mass is 10.3. The number of carbonyl (C=O) groups is 1. The zero-order valence-corrected chi connectivity index (χ0v) is 11.9. The minimum atomic E-state index is -0.613. The van der Waals surface area contributed by atoms with E-state index in [-0.39, 0.29) is 21.6 Å². The molecule has 21 heavy (non-hydrogen) atoms. The highest BCUT2D eigenvalue weighted by Crippen LogP contribution is 2.27. The molecule has 0 aliphatic carbocycles. The third-order valence-corrected chi connectivity index (χ3v) is 2.90. The second-order valence-electron chi connectivity index (χ2n) is 3.81. The van der Waals surface area contributed by atoms with Gasteiger partial charge in [0.25, 0.3) is 11.6 Å². The van der Waals surface area contributed by atoms with Crippen molar-refractivity contribution < 1.29 is 14.1 Å². The Hall–Kier alpha value is -2.45. The summed E-state index contributed by atoms with van der Waals surface area (Å²) in [7, 11) is 0. The van der Waals surface area contributed by atoms with Crippen molar-refractivity contribution in [2.75, 3.05) is 5.32 Å². The van der Waals surface area contributed by atoms with E-state index >= 15 is 0 Å². The van der Waals surface area contributed by atoms with Gasteiger partial charge >= 0.3 is 0 Å². The number of halogens is 1. The topological polar surface area (TPSA) is 97.4 Å². The number of nitro benzene ring substituents is 1. The van der Waals surface area contributed by atoms with Crippen LogP contribution in [0.15, 0.2) is 41.0 Å². The van der Waals surface area contributed by atoms with Gasteiger partial charge in [-0.25, -0.2) is 0 Å². The fourth-order valence-electron chi connectivity index (χ4n) is 1.47. The number of furan rings is 1. The predicted octanol–water partition coefficient (Wildman–Crippen LogP) is 2.97. The summed E-state index contributed by atoms with van der Waals surface area (Å²) in [6.07, 6.45) is 1.36. The van der Waals surface area contributed by atoms with Crippen LogP contribution in [0.3, 0.4) is 0 Å². The Kier molecular flexibility index (Phi) is 4.51. The van der Waals surface area contributed by atoms with E-state index in [1.54, 1.807) is 6.07 Å². The molecule has 108 valence electrons. The van der Waals surface area contributed by atoms with Gasteiger partial charge < -0.3 is 9.73 Å². The molecule has 0 saturated heterocycles. The van der Waals surface area contributed by atoms with Gasteiger partial charge in [0.2, 0.25) is 0 Å².